The number of nitrogens with zero attached hydrogens (tertiary/aromatic N) is 1. The van der Waals surface area contributed by atoms with Gasteiger partial charge in [-0.1, -0.05) is 30.3 Å². The molecule has 0 aliphatic carbocycles. The zero-order valence-electron chi connectivity index (χ0n) is 16.1. The predicted molar refractivity (Wildman–Crippen MR) is 96.5 cm³/mol. The van der Waals surface area contributed by atoms with Crippen LogP contribution in [0.2, 0.25) is 0 Å². The standard InChI is InChI=1S/C13H22N.C6H8O7/c1-4-14(5-2,6-3)12-13-10-8-7-9-11-13;7-3(8)1-6(13,5(11)12)2-4(9)10/h7-11H,4-6,12H2,1-3H3;13H,1-2H2,(H,7,8)(H,9,10)(H,11,12)/q+1;/p-1. The van der Waals surface area contributed by atoms with Crippen LogP contribution in [0.1, 0.15) is 39.2 Å². The Bertz CT molecular complexity index is 587. The summed E-state index contributed by atoms with van der Waals surface area (Å²) < 4.78 is 1.20. The first-order valence-corrected chi connectivity index (χ1v) is 8.80. The van der Waals surface area contributed by atoms with Gasteiger partial charge in [0.15, 0.2) is 0 Å². The summed E-state index contributed by atoms with van der Waals surface area (Å²) >= 11 is 0. The largest absolute Gasteiger partial charge is 0.547 e. The van der Waals surface area contributed by atoms with Gasteiger partial charge >= 0.3 is 11.9 Å². The van der Waals surface area contributed by atoms with Gasteiger partial charge < -0.3 is 29.7 Å². The van der Waals surface area contributed by atoms with Crippen LogP contribution < -0.4 is 5.11 Å². The van der Waals surface area contributed by atoms with Crippen molar-refractivity contribution in [1.29, 1.82) is 0 Å². The van der Waals surface area contributed by atoms with E-state index < -0.39 is 36.4 Å². The topological polar surface area (TPSA) is 135 Å². The molecule has 1 aromatic rings. The third-order valence-corrected chi connectivity index (χ3v) is 4.64. The molecule has 0 saturated heterocycles. The van der Waals surface area contributed by atoms with E-state index in [0.717, 1.165) is 0 Å². The monoisotopic (exact) mass is 383 g/mol. The number of carboxylic acids is 3. The number of hydrogen-bond acceptors (Lipinski definition) is 5. The normalized spacial score (nSPS) is 11.3. The van der Waals surface area contributed by atoms with Gasteiger partial charge in [0, 0.05) is 5.56 Å². The van der Waals surface area contributed by atoms with Crippen molar-refractivity contribution in [3.8, 4) is 0 Å². The molecule has 0 aliphatic rings. The molecular formula is C19H29NO7. The predicted octanol–water partition coefficient (Wildman–Crippen LogP) is 0.480. The SMILES string of the molecule is CC[N+](CC)(CC)Cc1ccccc1.O=C(O)CC(O)(CC(=O)O)C(=O)[O-]. The number of hydrogen-bond donors (Lipinski definition) is 3. The van der Waals surface area contributed by atoms with Crippen LogP contribution in [0.3, 0.4) is 0 Å². The number of carbonyl (C=O) groups is 3. The molecule has 0 radical (unpaired) electrons. The number of quaternary nitrogens is 1. The molecule has 3 N–H and O–H groups in total. The Balaban J connectivity index is 0.000000503. The van der Waals surface area contributed by atoms with Crippen LogP contribution in [0.25, 0.3) is 0 Å². The lowest BCUT2D eigenvalue weighted by Crippen LogP contribution is -2.51. The highest BCUT2D eigenvalue weighted by atomic mass is 16.4. The fraction of sp³-hybridized carbons (Fsp3) is 0.526. The highest BCUT2D eigenvalue weighted by Gasteiger charge is 2.34. The zero-order valence-corrected chi connectivity index (χ0v) is 16.1. The maximum Gasteiger partial charge on any atom is 0.306 e. The Morgan fingerprint density at radius 2 is 1.33 bits per heavy atom. The van der Waals surface area contributed by atoms with Crippen LogP contribution in [0, 0.1) is 0 Å². The minimum absolute atomic E-state index is 1.17. The van der Waals surface area contributed by atoms with E-state index in [1.807, 2.05) is 0 Å². The van der Waals surface area contributed by atoms with Crippen molar-refractivity contribution < 1.29 is 39.3 Å². The van der Waals surface area contributed by atoms with Gasteiger partial charge in [-0.25, -0.2) is 0 Å². The Morgan fingerprint density at radius 1 is 0.926 bits per heavy atom. The minimum atomic E-state index is -2.85. The van der Waals surface area contributed by atoms with E-state index in [1.165, 1.54) is 36.2 Å². The zero-order chi connectivity index (χ0) is 21.1. The van der Waals surface area contributed by atoms with Gasteiger partial charge in [-0.05, 0) is 20.8 Å². The second-order valence-corrected chi connectivity index (χ2v) is 6.39. The van der Waals surface area contributed by atoms with E-state index in [9.17, 15) is 19.5 Å². The number of benzene rings is 1. The van der Waals surface area contributed by atoms with E-state index in [1.54, 1.807) is 0 Å². The molecule has 1 aromatic carbocycles. The molecule has 0 bridgehead atoms. The third kappa shape index (κ3) is 8.65. The summed E-state index contributed by atoms with van der Waals surface area (Å²) in [4.78, 5) is 30.3. The number of aliphatic carboxylic acids is 3. The number of aliphatic hydroxyl groups is 1. The molecule has 0 aromatic heterocycles. The molecular weight excluding hydrogens is 354 g/mol. The molecule has 0 saturated carbocycles. The third-order valence-electron chi connectivity index (χ3n) is 4.64. The first kappa shape index (κ1) is 24.6. The van der Waals surface area contributed by atoms with E-state index in [4.69, 9.17) is 15.3 Å². The van der Waals surface area contributed by atoms with E-state index in [0.29, 0.717) is 0 Å². The maximum absolute atomic E-state index is 10.2. The number of rotatable bonds is 10. The van der Waals surface area contributed by atoms with Crippen molar-refractivity contribution in [2.24, 2.45) is 0 Å². The molecule has 152 valence electrons. The van der Waals surface area contributed by atoms with Gasteiger partial charge in [0.1, 0.15) is 12.1 Å². The summed E-state index contributed by atoms with van der Waals surface area (Å²) in [7, 11) is 0. The fourth-order valence-electron chi connectivity index (χ4n) is 2.68. The molecule has 0 unspecified atom stereocenters. The summed E-state index contributed by atoms with van der Waals surface area (Å²) in [6.07, 6.45) is -2.41. The van der Waals surface area contributed by atoms with Crippen LogP contribution in [0.4, 0.5) is 0 Å². The first-order chi connectivity index (χ1) is 12.5. The average molecular weight is 383 g/mol. The highest BCUT2D eigenvalue weighted by molar-refractivity contribution is 5.86. The second-order valence-electron chi connectivity index (χ2n) is 6.39. The molecule has 1 rings (SSSR count). The summed E-state index contributed by atoms with van der Waals surface area (Å²) in [5.74, 6) is -5.35. The van der Waals surface area contributed by atoms with Gasteiger partial charge in [0.05, 0.1) is 38.4 Å². The summed E-state index contributed by atoms with van der Waals surface area (Å²) in [5, 5.41) is 35.5. The van der Waals surface area contributed by atoms with Crippen molar-refractivity contribution in [2.45, 2.75) is 45.8 Å². The van der Waals surface area contributed by atoms with Gasteiger partial charge in [0.2, 0.25) is 0 Å². The lowest BCUT2D eigenvalue weighted by Gasteiger charge is -2.35. The van der Waals surface area contributed by atoms with Crippen LogP contribution in [-0.4, -0.2) is 62.9 Å². The van der Waals surface area contributed by atoms with Gasteiger partial charge in [-0.3, -0.25) is 9.59 Å². The summed E-state index contributed by atoms with van der Waals surface area (Å²) in [6, 6.07) is 10.8. The molecule has 8 heteroatoms. The van der Waals surface area contributed by atoms with Crippen molar-refractivity contribution in [3.63, 3.8) is 0 Å². The molecule has 27 heavy (non-hydrogen) atoms. The van der Waals surface area contributed by atoms with Gasteiger partial charge in [0.25, 0.3) is 0 Å². The minimum Gasteiger partial charge on any atom is -0.547 e. The molecule has 0 heterocycles. The van der Waals surface area contributed by atoms with Crippen LogP contribution in [-0.2, 0) is 20.9 Å². The Morgan fingerprint density at radius 3 is 1.63 bits per heavy atom. The Hall–Kier alpha value is -2.45. The van der Waals surface area contributed by atoms with Gasteiger partial charge in [-0.15, -0.1) is 0 Å². The number of carboxylic acid groups (broad SMARTS) is 3. The van der Waals surface area contributed by atoms with Gasteiger partial charge in [-0.2, -0.15) is 0 Å². The van der Waals surface area contributed by atoms with Crippen LogP contribution in [0.15, 0.2) is 30.3 Å². The van der Waals surface area contributed by atoms with Crippen molar-refractivity contribution in [3.05, 3.63) is 35.9 Å². The van der Waals surface area contributed by atoms with Crippen LogP contribution >= 0.6 is 0 Å². The molecule has 0 aliphatic heterocycles. The average Bonchev–Trinajstić information content (AvgIpc) is 2.60. The Labute approximate surface area is 159 Å². The van der Waals surface area contributed by atoms with Crippen molar-refractivity contribution in [2.75, 3.05) is 19.6 Å². The maximum atomic E-state index is 10.2. The van der Waals surface area contributed by atoms with E-state index >= 15 is 0 Å². The summed E-state index contributed by atoms with van der Waals surface area (Å²) in [6.45, 7) is 11.7. The van der Waals surface area contributed by atoms with Crippen molar-refractivity contribution >= 4 is 17.9 Å². The first-order valence-electron chi connectivity index (χ1n) is 8.80. The number of carbonyl (C=O) groups excluding carboxylic acids is 1. The highest BCUT2D eigenvalue weighted by Crippen LogP contribution is 2.15. The van der Waals surface area contributed by atoms with Crippen LogP contribution in [0.5, 0.6) is 0 Å². The quantitative estimate of drug-likeness (QED) is 0.500. The van der Waals surface area contributed by atoms with Crippen molar-refractivity contribution in [1.82, 2.24) is 0 Å². The molecule has 0 amide bonds. The summed E-state index contributed by atoms with van der Waals surface area (Å²) in [5.41, 5.74) is -1.39. The smallest absolute Gasteiger partial charge is 0.306 e. The lowest BCUT2D eigenvalue weighted by atomic mass is 9.96. The molecule has 8 nitrogen and oxygen atoms in total. The lowest BCUT2D eigenvalue weighted by molar-refractivity contribution is -0.936. The Kier molecular flexibility index (Phi) is 10.3. The molecule has 0 spiro atoms. The van der Waals surface area contributed by atoms with E-state index in [-0.39, 0.29) is 0 Å². The van der Waals surface area contributed by atoms with E-state index in [2.05, 4.69) is 51.1 Å². The molecule has 0 atom stereocenters. The second kappa shape index (κ2) is 11.3. The fourth-order valence-corrected chi connectivity index (χ4v) is 2.68. The molecule has 0 fully saturated rings.